The van der Waals surface area contributed by atoms with Crippen LogP contribution in [0.1, 0.15) is 33.3 Å². The van der Waals surface area contributed by atoms with Gasteiger partial charge in [-0.25, -0.2) is 0 Å². The monoisotopic (exact) mass is 204 g/mol. The van der Waals surface area contributed by atoms with Gasteiger partial charge in [-0.15, -0.1) is 0 Å². The summed E-state index contributed by atoms with van der Waals surface area (Å²) in [4.78, 5) is 0. The lowest BCUT2D eigenvalue weighted by molar-refractivity contribution is 0.0273. The van der Waals surface area contributed by atoms with Gasteiger partial charge in [0.1, 0.15) is 0 Å². The van der Waals surface area contributed by atoms with Crippen LogP contribution in [-0.2, 0) is 5.41 Å². The molecule has 82 valence electrons. The number of hydrogen-bond donors (Lipinski definition) is 1. The van der Waals surface area contributed by atoms with E-state index in [-0.39, 0.29) is 5.41 Å². The molecule has 0 aliphatic carbocycles. The first-order chi connectivity index (χ1) is 6.80. The molecule has 15 heavy (non-hydrogen) atoms. The minimum Gasteiger partial charge on any atom is -0.385 e. The highest BCUT2D eigenvalue weighted by molar-refractivity contribution is 5.32. The Bertz CT molecular complexity index is 347. The van der Waals surface area contributed by atoms with Crippen LogP contribution in [0.15, 0.2) is 42.5 Å². The minimum atomic E-state index is -0.894. The molecule has 1 rings (SSSR count). The summed E-state index contributed by atoms with van der Waals surface area (Å²) in [6.45, 7) is 11.6. The molecule has 1 atom stereocenters. The van der Waals surface area contributed by atoms with Gasteiger partial charge in [-0.3, -0.25) is 0 Å². The zero-order valence-corrected chi connectivity index (χ0v) is 10.0. The molecule has 0 saturated carbocycles. The second kappa shape index (κ2) is 3.82. The van der Waals surface area contributed by atoms with Gasteiger partial charge in [0.05, 0.1) is 5.60 Å². The van der Waals surface area contributed by atoms with Gasteiger partial charge in [0, 0.05) is 5.41 Å². The van der Waals surface area contributed by atoms with E-state index in [0.717, 1.165) is 11.1 Å². The van der Waals surface area contributed by atoms with Crippen molar-refractivity contribution in [3.63, 3.8) is 0 Å². The fourth-order valence-corrected chi connectivity index (χ4v) is 1.67. The maximum absolute atomic E-state index is 10.5. The Morgan fingerprint density at radius 1 is 1.13 bits per heavy atom. The van der Waals surface area contributed by atoms with Crippen LogP contribution >= 0.6 is 0 Å². The number of aliphatic hydroxyl groups is 1. The number of rotatable bonds is 3. The van der Waals surface area contributed by atoms with E-state index in [2.05, 4.69) is 6.58 Å². The van der Waals surface area contributed by atoms with Crippen molar-refractivity contribution < 1.29 is 5.11 Å². The highest BCUT2D eigenvalue weighted by Crippen LogP contribution is 2.38. The van der Waals surface area contributed by atoms with E-state index in [4.69, 9.17) is 0 Å². The molecule has 0 spiro atoms. The van der Waals surface area contributed by atoms with Gasteiger partial charge in [-0.1, -0.05) is 50.8 Å². The Balaban J connectivity index is 3.19. The lowest BCUT2D eigenvalue weighted by atomic mass is 9.68. The van der Waals surface area contributed by atoms with Crippen LogP contribution in [0.25, 0.3) is 0 Å². The van der Waals surface area contributed by atoms with Gasteiger partial charge >= 0.3 is 0 Å². The van der Waals surface area contributed by atoms with Crippen molar-refractivity contribution in [1.29, 1.82) is 0 Å². The summed E-state index contributed by atoms with van der Waals surface area (Å²) in [5.41, 5.74) is 0.684. The van der Waals surface area contributed by atoms with Crippen molar-refractivity contribution in [3.8, 4) is 0 Å². The summed E-state index contributed by atoms with van der Waals surface area (Å²) in [6.07, 6.45) is 0. The molecule has 0 bridgehead atoms. The topological polar surface area (TPSA) is 20.2 Å². The molecule has 1 aromatic carbocycles. The lowest BCUT2D eigenvalue weighted by Gasteiger charge is -2.41. The Morgan fingerprint density at radius 3 is 2.00 bits per heavy atom. The molecule has 1 N–H and O–H groups in total. The van der Waals surface area contributed by atoms with Crippen LogP contribution in [-0.4, -0.2) is 10.7 Å². The molecule has 0 aliphatic heterocycles. The van der Waals surface area contributed by atoms with Gasteiger partial charge < -0.3 is 5.11 Å². The summed E-state index contributed by atoms with van der Waals surface area (Å²) in [5, 5.41) is 10.5. The lowest BCUT2D eigenvalue weighted by Crippen LogP contribution is -2.46. The molecule has 0 amide bonds. The van der Waals surface area contributed by atoms with E-state index in [1.807, 2.05) is 58.0 Å². The zero-order valence-electron chi connectivity index (χ0n) is 10.0. The minimum absolute atomic E-state index is 0.333. The van der Waals surface area contributed by atoms with Gasteiger partial charge in [-0.05, 0) is 25.0 Å². The third kappa shape index (κ3) is 1.98. The molecule has 0 fully saturated rings. The predicted molar refractivity (Wildman–Crippen MR) is 64.9 cm³/mol. The van der Waals surface area contributed by atoms with E-state index < -0.39 is 5.60 Å². The van der Waals surface area contributed by atoms with E-state index in [1.165, 1.54) is 0 Å². The third-order valence-corrected chi connectivity index (χ3v) is 3.54. The van der Waals surface area contributed by atoms with Crippen LogP contribution in [0.4, 0.5) is 0 Å². The van der Waals surface area contributed by atoms with Crippen molar-refractivity contribution >= 4 is 0 Å². The average molecular weight is 204 g/mol. The Hall–Kier alpha value is -1.08. The molecule has 0 saturated heterocycles. The quantitative estimate of drug-likeness (QED) is 0.749. The van der Waals surface area contributed by atoms with Crippen LogP contribution in [0, 0.1) is 0 Å². The Kier molecular flexibility index (Phi) is 3.05. The molecule has 1 heteroatoms. The maximum Gasteiger partial charge on any atom is 0.0914 e. The fourth-order valence-electron chi connectivity index (χ4n) is 1.67. The molecule has 0 radical (unpaired) electrons. The molecule has 0 aromatic heterocycles. The van der Waals surface area contributed by atoms with Gasteiger partial charge in [0.25, 0.3) is 0 Å². The van der Waals surface area contributed by atoms with Crippen LogP contribution in [0.2, 0.25) is 0 Å². The van der Waals surface area contributed by atoms with Crippen molar-refractivity contribution in [2.24, 2.45) is 0 Å². The molecule has 1 unspecified atom stereocenters. The van der Waals surface area contributed by atoms with Crippen LogP contribution < -0.4 is 0 Å². The van der Waals surface area contributed by atoms with Crippen molar-refractivity contribution in [2.75, 3.05) is 0 Å². The average Bonchev–Trinajstić information content (AvgIpc) is 2.18. The largest absolute Gasteiger partial charge is 0.385 e. The summed E-state index contributed by atoms with van der Waals surface area (Å²) in [6, 6.07) is 10.0. The molecular weight excluding hydrogens is 184 g/mol. The first-order valence-electron chi connectivity index (χ1n) is 5.24. The normalized spacial score (nSPS) is 15.8. The zero-order chi connectivity index (χ0) is 11.7. The van der Waals surface area contributed by atoms with Gasteiger partial charge in [-0.2, -0.15) is 0 Å². The SMILES string of the molecule is C=C(C)C(C)(O)C(C)(C)c1ccccc1. The van der Waals surface area contributed by atoms with Crippen molar-refractivity contribution in [3.05, 3.63) is 48.0 Å². The second-order valence-electron chi connectivity index (χ2n) is 4.84. The first kappa shape index (κ1) is 12.0. The van der Waals surface area contributed by atoms with E-state index in [1.54, 1.807) is 0 Å². The molecule has 1 aromatic rings. The van der Waals surface area contributed by atoms with Crippen molar-refractivity contribution in [1.82, 2.24) is 0 Å². The predicted octanol–water partition coefficient (Wildman–Crippen LogP) is 3.29. The van der Waals surface area contributed by atoms with Gasteiger partial charge in [0.15, 0.2) is 0 Å². The Morgan fingerprint density at radius 2 is 1.60 bits per heavy atom. The molecule has 1 nitrogen and oxygen atoms in total. The van der Waals surface area contributed by atoms with Gasteiger partial charge in [0.2, 0.25) is 0 Å². The smallest absolute Gasteiger partial charge is 0.0914 e. The van der Waals surface area contributed by atoms with Crippen molar-refractivity contribution in [2.45, 2.75) is 38.7 Å². The van der Waals surface area contributed by atoms with Crippen LogP contribution in [0.3, 0.4) is 0 Å². The summed E-state index contributed by atoms with van der Waals surface area (Å²) < 4.78 is 0. The first-order valence-corrected chi connectivity index (χ1v) is 5.24. The second-order valence-corrected chi connectivity index (χ2v) is 4.84. The highest BCUT2D eigenvalue weighted by Gasteiger charge is 2.41. The maximum atomic E-state index is 10.5. The van der Waals surface area contributed by atoms with Crippen LogP contribution in [0.5, 0.6) is 0 Å². The fraction of sp³-hybridized carbons (Fsp3) is 0.429. The molecule has 0 heterocycles. The molecule has 0 aliphatic rings. The summed E-state index contributed by atoms with van der Waals surface area (Å²) in [5.74, 6) is 0. The van der Waals surface area contributed by atoms with E-state index in [0.29, 0.717) is 0 Å². The van der Waals surface area contributed by atoms with E-state index >= 15 is 0 Å². The highest BCUT2D eigenvalue weighted by atomic mass is 16.3. The molecular formula is C14H20O. The standard InChI is InChI=1S/C14H20O/c1-11(2)14(5,15)13(3,4)12-9-7-6-8-10-12/h6-10,15H,1H2,2-5H3. The summed E-state index contributed by atoms with van der Waals surface area (Å²) >= 11 is 0. The third-order valence-electron chi connectivity index (χ3n) is 3.54. The van der Waals surface area contributed by atoms with E-state index in [9.17, 15) is 5.11 Å². The summed E-state index contributed by atoms with van der Waals surface area (Å²) in [7, 11) is 0. The number of hydrogen-bond acceptors (Lipinski definition) is 1. The Labute approximate surface area is 92.5 Å². The number of benzene rings is 1.